The van der Waals surface area contributed by atoms with Crippen LogP contribution >= 0.6 is 0 Å². The number of methoxy groups -OCH3 is 1. The highest BCUT2D eigenvalue weighted by Gasteiger charge is 2.09. The minimum atomic E-state index is -0.146. The fourth-order valence-corrected chi connectivity index (χ4v) is 1.63. The van der Waals surface area contributed by atoms with E-state index in [1.54, 1.807) is 13.2 Å². The van der Waals surface area contributed by atoms with E-state index in [4.69, 9.17) is 9.47 Å². The lowest BCUT2D eigenvalue weighted by molar-refractivity contribution is -0.123. The Morgan fingerprint density at radius 2 is 2.16 bits per heavy atom. The fourth-order valence-electron chi connectivity index (χ4n) is 1.63. The number of rotatable bonds is 7. The largest absolute Gasteiger partial charge is 0.493 e. The van der Waals surface area contributed by atoms with Crippen LogP contribution in [-0.4, -0.2) is 25.7 Å². The van der Waals surface area contributed by atoms with E-state index in [0.29, 0.717) is 11.5 Å². The summed E-state index contributed by atoms with van der Waals surface area (Å²) in [7, 11) is 1.58. The molecule has 4 nitrogen and oxygen atoms in total. The van der Waals surface area contributed by atoms with Gasteiger partial charge in [0.25, 0.3) is 5.91 Å². The van der Waals surface area contributed by atoms with Crippen molar-refractivity contribution in [2.24, 2.45) is 0 Å². The molecule has 0 aliphatic heterocycles. The highest BCUT2D eigenvalue weighted by Crippen LogP contribution is 2.28. The molecular weight excluding hydrogens is 242 g/mol. The molecule has 0 spiro atoms. The summed E-state index contributed by atoms with van der Waals surface area (Å²) in [6.45, 7) is 7.49. The molecule has 0 bridgehead atoms. The van der Waals surface area contributed by atoms with Crippen molar-refractivity contribution in [3.63, 3.8) is 0 Å². The van der Waals surface area contributed by atoms with E-state index in [-0.39, 0.29) is 18.6 Å². The van der Waals surface area contributed by atoms with Crippen molar-refractivity contribution in [2.75, 3.05) is 13.7 Å². The van der Waals surface area contributed by atoms with E-state index in [1.807, 2.05) is 32.1 Å². The number of carbonyl (C=O) groups excluding carboxylic acids is 1. The molecule has 0 aromatic heterocycles. The number of amides is 1. The molecule has 1 aromatic rings. The summed E-state index contributed by atoms with van der Waals surface area (Å²) in [5.41, 5.74) is 1.09. The smallest absolute Gasteiger partial charge is 0.258 e. The molecule has 104 valence electrons. The lowest BCUT2D eigenvalue weighted by Gasteiger charge is -2.13. The number of carbonyl (C=O) groups is 1. The molecule has 1 rings (SSSR count). The average molecular weight is 263 g/mol. The minimum Gasteiger partial charge on any atom is -0.493 e. The summed E-state index contributed by atoms with van der Waals surface area (Å²) in [6.07, 6.45) is 2.59. The minimum absolute atomic E-state index is 0.0185. The summed E-state index contributed by atoms with van der Waals surface area (Å²) in [4.78, 5) is 11.5. The van der Waals surface area contributed by atoms with Crippen molar-refractivity contribution in [3.05, 3.63) is 36.4 Å². The zero-order valence-corrected chi connectivity index (χ0v) is 11.7. The van der Waals surface area contributed by atoms with Gasteiger partial charge in [0.2, 0.25) is 0 Å². The van der Waals surface area contributed by atoms with Gasteiger partial charge in [0.1, 0.15) is 0 Å². The second-order valence-corrected chi connectivity index (χ2v) is 4.49. The maximum atomic E-state index is 11.5. The average Bonchev–Trinajstić information content (AvgIpc) is 2.36. The topological polar surface area (TPSA) is 47.6 Å². The number of hydrogen-bond donors (Lipinski definition) is 1. The quantitative estimate of drug-likeness (QED) is 0.768. The number of allylic oxidation sites excluding steroid dienone is 1. The molecule has 1 amide bonds. The lowest BCUT2D eigenvalue weighted by Crippen LogP contribution is -2.34. The highest BCUT2D eigenvalue weighted by atomic mass is 16.5. The van der Waals surface area contributed by atoms with Crippen molar-refractivity contribution in [2.45, 2.75) is 26.3 Å². The molecule has 0 aliphatic carbocycles. The van der Waals surface area contributed by atoms with Crippen LogP contribution in [0.4, 0.5) is 0 Å². The van der Waals surface area contributed by atoms with Crippen LogP contribution in [0.1, 0.15) is 19.4 Å². The third-order valence-corrected chi connectivity index (χ3v) is 2.42. The Morgan fingerprint density at radius 1 is 1.42 bits per heavy atom. The summed E-state index contributed by atoms with van der Waals surface area (Å²) >= 11 is 0. The molecule has 0 heterocycles. The number of nitrogens with one attached hydrogen (secondary N) is 1. The molecule has 0 unspecified atom stereocenters. The first-order valence-corrected chi connectivity index (χ1v) is 6.26. The second-order valence-electron chi connectivity index (χ2n) is 4.49. The second kappa shape index (κ2) is 7.46. The van der Waals surface area contributed by atoms with E-state index in [2.05, 4.69) is 11.9 Å². The third kappa shape index (κ3) is 5.04. The highest BCUT2D eigenvalue weighted by molar-refractivity contribution is 5.77. The zero-order chi connectivity index (χ0) is 14.3. The Labute approximate surface area is 114 Å². The SMILES string of the molecule is C=CCc1ccc(OCC(=O)NC(C)C)c(OC)c1. The standard InChI is InChI=1S/C15H21NO3/c1-5-6-12-7-8-13(14(9-12)18-4)19-10-15(17)16-11(2)3/h5,7-9,11H,1,6,10H2,2-4H3,(H,16,17). The molecule has 0 fully saturated rings. The van der Waals surface area contributed by atoms with Gasteiger partial charge in [-0.3, -0.25) is 4.79 Å². The van der Waals surface area contributed by atoms with E-state index < -0.39 is 0 Å². The van der Waals surface area contributed by atoms with Crippen LogP contribution in [0.3, 0.4) is 0 Å². The van der Waals surface area contributed by atoms with Gasteiger partial charge in [-0.1, -0.05) is 12.1 Å². The predicted molar refractivity (Wildman–Crippen MR) is 75.7 cm³/mol. The Morgan fingerprint density at radius 3 is 2.74 bits per heavy atom. The van der Waals surface area contributed by atoms with Crippen LogP contribution in [0.5, 0.6) is 11.5 Å². The molecule has 0 aliphatic rings. The Bertz CT molecular complexity index is 441. The van der Waals surface area contributed by atoms with Crippen LogP contribution in [0.2, 0.25) is 0 Å². The molecule has 19 heavy (non-hydrogen) atoms. The van der Waals surface area contributed by atoms with E-state index >= 15 is 0 Å². The maximum absolute atomic E-state index is 11.5. The maximum Gasteiger partial charge on any atom is 0.258 e. The number of ether oxygens (including phenoxy) is 2. The first kappa shape index (κ1) is 15.1. The van der Waals surface area contributed by atoms with E-state index in [1.165, 1.54) is 0 Å². The van der Waals surface area contributed by atoms with Crippen molar-refractivity contribution in [1.29, 1.82) is 0 Å². The van der Waals surface area contributed by atoms with E-state index in [0.717, 1.165) is 12.0 Å². The van der Waals surface area contributed by atoms with Gasteiger partial charge in [0.05, 0.1) is 7.11 Å². The van der Waals surface area contributed by atoms with Crippen LogP contribution in [0.25, 0.3) is 0 Å². The van der Waals surface area contributed by atoms with Crippen molar-refractivity contribution in [3.8, 4) is 11.5 Å². The van der Waals surface area contributed by atoms with Gasteiger partial charge in [-0.25, -0.2) is 0 Å². The first-order valence-electron chi connectivity index (χ1n) is 6.26. The summed E-state index contributed by atoms with van der Waals surface area (Å²) < 4.78 is 10.7. The number of benzene rings is 1. The number of hydrogen-bond acceptors (Lipinski definition) is 3. The molecule has 0 saturated heterocycles. The zero-order valence-electron chi connectivity index (χ0n) is 11.7. The van der Waals surface area contributed by atoms with Gasteiger partial charge in [-0.2, -0.15) is 0 Å². The van der Waals surface area contributed by atoms with Gasteiger partial charge in [0, 0.05) is 6.04 Å². The summed E-state index contributed by atoms with van der Waals surface area (Å²) in [5.74, 6) is 1.04. The van der Waals surface area contributed by atoms with Crippen LogP contribution < -0.4 is 14.8 Å². The van der Waals surface area contributed by atoms with Gasteiger partial charge in [-0.15, -0.1) is 6.58 Å². The fraction of sp³-hybridized carbons (Fsp3) is 0.400. The van der Waals surface area contributed by atoms with Crippen molar-refractivity contribution in [1.82, 2.24) is 5.32 Å². The van der Waals surface area contributed by atoms with Gasteiger partial charge < -0.3 is 14.8 Å². The van der Waals surface area contributed by atoms with Crippen LogP contribution in [0, 0.1) is 0 Å². The lowest BCUT2D eigenvalue weighted by atomic mass is 10.1. The van der Waals surface area contributed by atoms with Gasteiger partial charge in [-0.05, 0) is 38.0 Å². The Kier molecular flexibility index (Phi) is 5.93. The third-order valence-electron chi connectivity index (χ3n) is 2.42. The predicted octanol–water partition coefficient (Wildman–Crippen LogP) is 2.33. The van der Waals surface area contributed by atoms with Crippen molar-refractivity contribution >= 4 is 5.91 Å². The Hall–Kier alpha value is -1.97. The molecule has 0 atom stereocenters. The normalized spacial score (nSPS) is 10.1. The summed E-state index contributed by atoms with van der Waals surface area (Å²) in [6, 6.07) is 5.73. The first-order chi connectivity index (χ1) is 9.06. The van der Waals surface area contributed by atoms with E-state index in [9.17, 15) is 4.79 Å². The summed E-state index contributed by atoms with van der Waals surface area (Å²) in [5, 5.41) is 2.76. The molecule has 1 aromatic carbocycles. The Balaban J connectivity index is 2.67. The molecule has 4 heteroatoms. The molecule has 1 N–H and O–H groups in total. The van der Waals surface area contributed by atoms with Crippen molar-refractivity contribution < 1.29 is 14.3 Å². The van der Waals surface area contributed by atoms with Gasteiger partial charge >= 0.3 is 0 Å². The van der Waals surface area contributed by atoms with Crippen LogP contribution in [0.15, 0.2) is 30.9 Å². The molecular formula is C15H21NO3. The van der Waals surface area contributed by atoms with Crippen LogP contribution in [-0.2, 0) is 11.2 Å². The monoisotopic (exact) mass is 263 g/mol. The molecule has 0 radical (unpaired) electrons. The van der Waals surface area contributed by atoms with Gasteiger partial charge in [0.15, 0.2) is 18.1 Å². The molecule has 0 saturated carbocycles.